The Kier molecular flexibility index (Phi) is 4.02. The van der Waals surface area contributed by atoms with Gasteiger partial charge in [0.25, 0.3) is 0 Å². The van der Waals surface area contributed by atoms with Crippen LogP contribution in [0.15, 0.2) is 23.4 Å². The fourth-order valence-corrected chi connectivity index (χ4v) is 2.26. The van der Waals surface area contributed by atoms with Crippen LogP contribution >= 0.6 is 0 Å². The summed E-state index contributed by atoms with van der Waals surface area (Å²) in [7, 11) is 0. The van der Waals surface area contributed by atoms with Crippen molar-refractivity contribution in [3.8, 4) is 5.75 Å². The van der Waals surface area contributed by atoms with E-state index in [1.165, 1.54) is 12.5 Å². The van der Waals surface area contributed by atoms with Gasteiger partial charge in [-0.15, -0.1) is 0 Å². The lowest BCUT2D eigenvalue weighted by atomic mass is 9.97. The lowest BCUT2D eigenvalue weighted by Crippen LogP contribution is -2.23. The number of ether oxygens (including phenoxy) is 1. The Morgan fingerprint density at radius 1 is 1.33 bits per heavy atom. The van der Waals surface area contributed by atoms with Gasteiger partial charge in [-0.25, -0.2) is 4.39 Å². The van der Waals surface area contributed by atoms with Crippen LogP contribution in [0.4, 0.5) is 4.39 Å². The highest BCUT2D eigenvalue weighted by Gasteiger charge is 2.19. The van der Waals surface area contributed by atoms with Crippen LogP contribution in [0.3, 0.4) is 0 Å². The van der Waals surface area contributed by atoms with Crippen molar-refractivity contribution in [2.45, 2.75) is 38.2 Å². The maximum Gasteiger partial charge on any atom is 0.176 e. The molecule has 3 N–H and O–H groups in total. The average Bonchev–Trinajstić information content (AvgIpc) is 2.39. The number of benzene rings is 1. The number of amidine groups is 1. The molecule has 1 aliphatic carbocycles. The third-order valence-electron chi connectivity index (χ3n) is 3.19. The Morgan fingerprint density at radius 2 is 2.06 bits per heavy atom. The summed E-state index contributed by atoms with van der Waals surface area (Å²) in [5, 5.41) is 11.5. The van der Waals surface area contributed by atoms with Gasteiger partial charge in [0.1, 0.15) is 11.6 Å². The quantitative estimate of drug-likeness (QED) is 0.376. The van der Waals surface area contributed by atoms with E-state index in [-0.39, 0.29) is 17.5 Å². The second kappa shape index (κ2) is 5.71. The van der Waals surface area contributed by atoms with Gasteiger partial charge >= 0.3 is 0 Å². The van der Waals surface area contributed by atoms with Crippen molar-refractivity contribution < 1.29 is 14.3 Å². The molecule has 18 heavy (non-hydrogen) atoms. The van der Waals surface area contributed by atoms with Crippen molar-refractivity contribution in [2.24, 2.45) is 10.9 Å². The summed E-state index contributed by atoms with van der Waals surface area (Å²) >= 11 is 0. The summed E-state index contributed by atoms with van der Waals surface area (Å²) in [6, 6.07) is 4.47. The Morgan fingerprint density at radius 3 is 2.72 bits per heavy atom. The molecule has 1 aromatic rings. The highest BCUT2D eigenvalue weighted by atomic mass is 19.1. The monoisotopic (exact) mass is 252 g/mol. The number of rotatable bonds is 3. The minimum atomic E-state index is -0.543. The van der Waals surface area contributed by atoms with E-state index in [0.717, 1.165) is 25.7 Å². The molecule has 0 saturated heterocycles. The SMILES string of the molecule is N/C(=N\O)c1c(F)cccc1OC1CCCCC1. The summed E-state index contributed by atoms with van der Waals surface area (Å²) in [6.45, 7) is 0. The van der Waals surface area contributed by atoms with Gasteiger partial charge in [0.15, 0.2) is 5.84 Å². The molecular weight excluding hydrogens is 235 g/mol. The lowest BCUT2D eigenvalue weighted by Gasteiger charge is -2.24. The van der Waals surface area contributed by atoms with E-state index < -0.39 is 5.82 Å². The van der Waals surface area contributed by atoms with Crippen LogP contribution in [0.2, 0.25) is 0 Å². The van der Waals surface area contributed by atoms with Crippen LogP contribution in [0, 0.1) is 5.82 Å². The van der Waals surface area contributed by atoms with Crippen LogP contribution in [-0.4, -0.2) is 17.1 Å². The molecule has 0 atom stereocenters. The molecule has 1 saturated carbocycles. The van der Waals surface area contributed by atoms with Crippen LogP contribution in [0.1, 0.15) is 37.7 Å². The number of hydrogen-bond acceptors (Lipinski definition) is 3. The zero-order valence-electron chi connectivity index (χ0n) is 10.1. The Hall–Kier alpha value is -1.78. The van der Waals surface area contributed by atoms with Crippen molar-refractivity contribution in [1.82, 2.24) is 0 Å². The number of halogens is 1. The van der Waals surface area contributed by atoms with E-state index in [2.05, 4.69) is 5.16 Å². The minimum Gasteiger partial charge on any atom is -0.490 e. The molecule has 1 aliphatic rings. The molecule has 0 heterocycles. The predicted molar refractivity (Wildman–Crippen MR) is 66.4 cm³/mol. The molecule has 0 radical (unpaired) electrons. The smallest absolute Gasteiger partial charge is 0.176 e. The van der Waals surface area contributed by atoms with E-state index in [9.17, 15) is 4.39 Å². The number of nitrogens with zero attached hydrogens (tertiary/aromatic N) is 1. The Bertz CT molecular complexity index is 443. The molecule has 1 fully saturated rings. The van der Waals surface area contributed by atoms with Crippen molar-refractivity contribution in [1.29, 1.82) is 0 Å². The molecule has 5 heteroatoms. The number of oxime groups is 1. The molecule has 1 aromatic carbocycles. The molecule has 98 valence electrons. The standard InChI is InChI=1S/C13H17FN2O2/c14-10-7-4-8-11(12(10)13(15)16-17)18-9-5-2-1-3-6-9/h4,7-9,17H,1-3,5-6H2,(H2,15,16). The van der Waals surface area contributed by atoms with Crippen LogP contribution < -0.4 is 10.5 Å². The number of hydrogen-bond donors (Lipinski definition) is 2. The first-order chi connectivity index (χ1) is 8.72. The van der Waals surface area contributed by atoms with E-state index in [4.69, 9.17) is 15.7 Å². The van der Waals surface area contributed by atoms with Crippen LogP contribution in [-0.2, 0) is 0 Å². The topological polar surface area (TPSA) is 67.8 Å². The van der Waals surface area contributed by atoms with Crippen LogP contribution in [0.5, 0.6) is 5.75 Å². The zero-order chi connectivity index (χ0) is 13.0. The highest BCUT2D eigenvalue weighted by molar-refractivity contribution is 5.99. The molecular formula is C13H17FN2O2. The Labute approximate surface area is 105 Å². The molecule has 0 unspecified atom stereocenters. The first-order valence-corrected chi connectivity index (χ1v) is 6.15. The largest absolute Gasteiger partial charge is 0.490 e. The average molecular weight is 252 g/mol. The molecule has 2 rings (SSSR count). The van der Waals surface area contributed by atoms with Gasteiger partial charge < -0.3 is 15.7 Å². The maximum atomic E-state index is 13.7. The summed E-state index contributed by atoms with van der Waals surface area (Å²) in [5.74, 6) is -0.463. The lowest BCUT2D eigenvalue weighted by molar-refractivity contribution is 0.154. The van der Waals surface area contributed by atoms with Gasteiger partial charge in [-0.3, -0.25) is 0 Å². The van der Waals surface area contributed by atoms with Crippen molar-refractivity contribution in [2.75, 3.05) is 0 Å². The summed E-state index contributed by atoms with van der Waals surface area (Å²) in [5.41, 5.74) is 5.51. The normalized spacial score (nSPS) is 17.7. The van der Waals surface area contributed by atoms with Gasteiger partial charge in [-0.2, -0.15) is 0 Å². The van der Waals surface area contributed by atoms with Gasteiger partial charge in [0, 0.05) is 0 Å². The van der Waals surface area contributed by atoms with E-state index in [1.807, 2.05) is 0 Å². The second-order valence-electron chi connectivity index (χ2n) is 4.48. The molecule has 0 aliphatic heterocycles. The summed E-state index contributed by atoms with van der Waals surface area (Å²) < 4.78 is 19.5. The molecule has 4 nitrogen and oxygen atoms in total. The van der Waals surface area contributed by atoms with Gasteiger partial charge in [0.2, 0.25) is 0 Å². The first kappa shape index (κ1) is 12.7. The predicted octanol–water partition coefficient (Wildman–Crippen LogP) is 2.63. The van der Waals surface area contributed by atoms with Crippen molar-refractivity contribution in [3.05, 3.63) is 29.6 Å². The summed E-state index contributed by atoms with van der Waals surface area (Å²) in [4.78, 5) is 0. The van der Waals surface area contributed by atoms with Gasteiger partial charge in [-0.05, 0) is 37.8 Å². The molecule has 0 aromatic heterocycles. The zero-order valence-corrected chi connectivity index (χ0v) is 10.1. The first-order valence-electron chi connectivity index (χ1n) is 6.15. The van der Waals surface area contributed by atoms with Gasteiger partial charge in [0.05, 0.1) is 11.7 Å². The van der Waals surface area contributed by atoms with Gasteiger partial charge in [-0.1, -0.05) is 17.6 Å². The Balaban J connectivity index is 2.23. The van der Waals surface area contributed by atoms with Crippen molar-refractivity contribution in [3.63, 3.8) is 0 Å². The second-order valence-corrected chi connectivity index (χ2v) is 4.48. The fraction of sp³-hybridized carbons (Fsp3) is 0.462. The van der Waals surface area contributed by atoms with E-state index in [1.54, 1.807) is 12.1 Å². The highest BCUT2D eigenvalue weighted by Crippen LogP contribution is 2.27. The van der Waals surface area contributed by atoms with E-state index >= 15 is 0 Å². The molecule has 0 bridgehead atoms. The fourth-order valence-electron chi connectivity index (χ4n) is 2.26. The molecule has 0 spiro atoms. The third kappa shape index (κ3) is 2.72. The van der Waals surface area contributed by atoms with Crippen molar-refractivity contribution >= 4 is 5.84 Å². The minimum absolute atomic E-state index is 0.0329. The molecule has 0 amide bonds. The summed E-state index contributed by atoms with van der Waals surface area (Å²) in [6.07, 6.45) is 5.48. The maximum absolute atomic E-state index is 13.7. The van der Waals surface area contributed by atoms with Crippen LogP contribution in [0.25, 0.3) is 0 Å². The third-order valence-corrected chi connectivity index (χ3v) is 3.19. The van der Waals surface area contributed by atoms with E-state index in [0.29, 0.717) is 5.75 Å². The number of nitrogens with two attached hydrogens (primary N) is 1.